The van der Waals surface area contributed by atoms with Crippen LogP contribution in [0.2, 0.25) is 0 Å². The number of hydrogen-bond donors (Lipinski definition) is 2. The fourth-order valence-electron chi connectivity index (χ4n) is 1.29. The lowest BCUT2D eigenvalue weighted by molar-refractivity contribution is 0.474. The molecule has 0 saturated carbocycles. The van der Waals surface area contributed by atoms with E-state index in [-0.39, 0.29) is 11.5 Å². The van der Waals surface area contributed by atoms with Gasteiger partial charge in [-0.3, -0.25) is 0 Å². The molecule has 0 heterocycles. The molecule has 2 nitrogen and oxygen atoms in total. The molecule has 0 aliphatic heterocycles. The third kappa shape index (κ3) is 1.55. The van der Waals surface area contributed by atoms with Crippen LogP contribution in [0.4, 0.5) is 0 Å². The first-order chi connectivity index (χ1) is 6.77. The Hall–Kier alpha value is -1.96. The van der Waals surface area contributed by atoms with Gasteiger partial charge in [0.05, 0.1) is 0 Å². The van der Waals surface area contributed by atoms with Crippen LogP contribution in [0.15, 0.2) is 42.5 Å². The molecule has 69 valence electrons. The van der Waals surface area contributed by atoms with Gasteiger partial charge in [0, 0.05) is 5.56 Å². The minimum atomic E-state index is 0.216. The smallest absolute Gasteiger partial charge is 0.123 e. The largest absolute Gasteiger partial charge is 0.508 e. The number of aromatic hydroxyl groups is 2. The van der Waals surface area contributed by atoms with Crippen LogP contribution in [-0.4, -0.2) is 10.2 Å². The molecular formula is C12H9O2. The van der Waals surface area contributed by atoms with Crippen molar-refractivity contribution in [2.75, 3.05) is 0 Å². The van der Waals surface area contributed by atoms with E-state index in [1.54, 1.807) is 42.5 Å². The first kappa shape index (κ1) is 8.63. The summed E-state index contributed by atoms with van der Waals surface area (Å²) in [6.07, 6.45) is 0. The van der Waals surface area contributed by atoms with E-state index in [0.29, 0.717) is 5.56 Å². The molecule has 0 aromatic heterocycles. The van der Waals surface area contributed by atoms with Crippen LogP contribution >= 0.6 is 0 Å². The molecule has 0 fully saturated rings. The minimum absolute atomic E-state index is 0.216. The Kier molecular flexibility index (Phi) is 2.11. The van der Waals surface area contributed by atoms with Crippen molar-refractivity contribution in [3.63, 3.8) is 0 Å². The summed E-state index contributed by atoms with van der Waals surface area (Å²) in [5, 5.41) is 18.7. The third-order valence-electron chi connectivity index (χ3n) is 2.02. The van der Waals surface area contributed by atoms with E-state index in [2.05, 4.69) is 6.07 Å². The maximum Gasteiger partial charge on any atom is 0.123 e. The molecule has 2 aromatic rings. The predicted molar refractivity (Wildman–Crippen MR) is 54.0 cm³/mol. The van der Waals surface area contributed by atoms with Crippen molar-refractivity contribution in [3.05, 3.63) is 48.5 Å². The van der Waals surface area contributed by atoms with Crippen molar-refractivity contribution >= 4 is 0 Å². The van der Waals surface area contributed by atoms with Crippen molar-refractivity contribution in [3.8, 4) is 22.6 Å². The fourth-order valence-corrected chi connectivity index (χ4v) is 1.29. The molecule has 0 unspecified atom stereocenters. The van der Waals surface area contributed by atoms with E-state index in [0.717, 1.165) is 5.56 Å². The Balaban J connectivity index is 2.50. The van der Waals surface area contributed by atoms with Crippen LogP contribution in [0, 0.1) is 6.07 Å². The predicted octanol–water partition coefficient (Wildman–Crippen LogP) is 2.56. The van der Waals surface area contributed by atoms with Gasteiger partial charge in [-0.1, -0.05) is 18.2 Å². The van der Waals surface area contributed by atoms with E-state index in [4.69, 9.17) is 5.11 Å². The Bertz CT molecular complexity index is 432. The Morgan fingerprint density at radius 2 is 1.64 bits per heavy atom. The lowest BCUT2D eigenvalue weighted by atomic mass is 10.0. The van der Waals surface area contributed by atoms with E-state index >= 15 is 0 Å². The molecule has 0 aliphatic carbocycles. The van der Waals surface area contributed by atoms with Gasteiger partial charge in [0.2, 0.25) is 0 Å². The highest BCUT2D eigenvalue weighted by Gasteiger charge is 2.02. The second-order valence-corrected chi connectivity index (χ2v) is 2.99. The maximum absolute atomic E-state index is 9.55. The second kappa shape index (κ2) is 3.42. The molecule has 0 aliphatic rings. The van der Waals surface area contributed by atoms with Crippen molar-refractivity contribution in [2.24, 2.45) is 0 Å². The highest BCUT2D eigenvalue weighted by Crippen LogP contribution is 2.29. The topological polar surface area (TPSA) is 40.5 Å². The first-order valence-corrected chi connectivity index (χ1v) is 4.26. The monoisotopic (exact) mass is 185 g/mol. The van der Waals surface area contributed by atoms with Crippen LogP contribution in [-0.2, 0) is 0 Å². The van der Waals surface area contributed by atoms with Gasteiger partial charge in [-0.2, -0.15) is 0 Å². The number of phenols is 2. The standard InChI is InChI=1S/C12H9O2/c13-10-7-5-9(6-8-10)11-3-1-2-4-12(11)14/h2-8,13-14H. The zero-order valence-electron chi connectivity index (χ0n) is 7.44. The molecule has 2 aromatic carbocycles. The lowest BCUT2D eigenvalue weighted by Gasteiger charge is -2.03. The highest BCUT2D eigenvalue weighted by molar-refractivity contribution is 5.70. The quantitative estimate of drug-likeness (QED) is 0.716. The minimum Gasteiger partial charge on any atom is -0.508 e. The summed E-state index contributed by atoms with van der Waals surface area (Å²) in [5.41, 5.74) is 1.57. The number of hydrogen-bond acceptors (Lipinski definition) is 2. The second-order valence-electron chi connectivity index (χ2n) is 2.99. The molecule has 1 radical (unpaired) electrons. The van der Waals surface area contributed by atoms with Gasteiger partial charge in [-0.15, -0.1) is 0 Å². The third-order valence-corrected chi connectivity index (χ3v) is 2.02. The Morgan fingerprint density at radius 1 is 0.929 bits per heavy atom. The van der Waals surface area contributed by atoms with Crippen molar-refractivity contribution < 1.29 is 10.2 Å². The zero-order valence-corrected chi connectivity index (χ0v) is 7.44. The number of benzene rings is 2. The summed E-state index contributed by atoms with van der Waals surface area (Å²) in [4.78, 5) is 0. The summed E-state index contributed by atoms with van der Waals surface area (Å²) >= 11 is 0. The number of phenolic OH excluding ortho intramolecular Hbond substituents is 2. The zero-order chi connectivity index (χ0) is 9.97. The van der Waals surface area contributed by atoms with Gasteiger partial charge in [0.25, 0.3) is 0 Å². The van der Waals surface area contributed by atoms with E-state index in [1.165, 1.54) is 0 Å². The van der Waals surface area contributed by atoms with Crippen LogP contribution in [0.25, 0.3) is 11.1 Å². The molecule has 0 amide bonds. The SMILES string of the molecule is Oc1ccc(-c2c[c]ccc2O)cc1. The molecule has 0 saturated heterocycles. The van der Waals surface area contributed by atoms with Crippen molar-refractivity contribution in [1.29, 1.82) is 0 Å². The van der Waals surface area contributed by atoms with Gasteiger partial charge in [-0.25, -0.2) is 0 Å². The molecule has 2 N–H and O–H groups in total. The summed E-state index contributed by atoms with van der Waals surface area (Å²) in [6.45, 7) is 0. The van der Waals surface area contributed by atoms with Crippen molar-refractivity contribution in [1.82, 2.24) is 0 Å². The van der Waals surface area contributed by atoms with Gasteiger partial charge >= 0.3 is 0 Å². The summed E-state index contributed by atoms with van der Waals surface area (Å²) in [6, 6.07) is 14.5. The highest BCUT2D eigenvalue weighted by atomic mass is 16.3. The van der Waals surface area contributed by atoms with Crippen LogP contribution in [0.5, 0.6) is 11.5 Å². The average molecular weight is 185 g/mol. The van der Waals surface area contributed by atoms with Crippen molar-refractivity contribution in [2.45, 2.75) is 0 Å². The molecule has 14 heavy (non-hydrogen) atoms. The molecule has 2 heteroatoms. The van der Waals surface area contributed by atoms with Gasteiger partial charge in [-0.05, 0) is 35.9 Å². The van der Waals surface area contributed by atoms with Gasteiger partial charge in [0.1, 0.15) is 11.5 Å². The summed E-state index contributed by atoms with van der Waals surface area (Å²) in [5.74, 6) is 0.433. The Labute approximate surface area is 82.1 Å². The average Bonchev–Trinajstić information content (AvgIpc) is 2.20. The van der Waals surface area contributed by atoms with E-state index in [1.807, 2.05) is 0 Å². The lowest BCUT2D eigenvalue weighted by Crippen LogP contribution is -1.77. The molecular weight excluding hydrogens is 176 g/mol. The van der Waals surface area contributed by atoms with E-state index < -0.39 is 0 Å². The summed E-state index contributed by atoms with van der Waals surface area (Å²) in [7, 11) is 0. The molecule has 0 spiro atoms. The van der Waals surface area contributed by atoms with Gasteiger partial charge in [0.15, 0.2) is 0 Å². The first-order valence-electron chi connectivity index (χ1n) is 4.26. The molecule has 0 bridgehead atoms. The molecule has 0 atom stereocenters. The van der Waals surface area contributed by atoms with Gasteiger partial charge < -0.3 is 10.2 Å². The van der Waals surface area contributed by atoms with Crippen LogP contribution in [0.3, 0.4) is 0 Å². The normalized spacial score (nSPS) is 10.0. The van der Waals surface area contributed by atoms with Crippen LogP contribution < -0.4 is 0 Å². The maximum atomic E-state index is 9.55. The van der Waals surface area contributed by atoms with E-state index in [9.17, 15) is 5.11 Å². The Morgan fingerprint density at radius 3 is 2.29 bits per heavy atom. The summed E-state index contributed by atoms with van der Waals surface area (Å²) < 4.78 is 0. The number of rotatable bonds is 1. The fraction of sp³-hybridized carbons (Fsp3) is 0. The molecule has 2 rings (SSSR count). The van der Waals surface area contributed by atoms with Crippen LogP contribution in [0.1, 0.15) is 0 Å².